The number of aromatic nitrogens is 2. The first-order valence-corrected chi connectivity index (χ1v) is 8.23. The van der Waals surface area contributed by atoms with Crippen LogP contribution < -0.4 is 10.3 Å². The van der Waals surface area contributed by atoms with Gasteiger partial charge in [-0.15, -0.1) is 10.2 Å². The number of nitrogens with zero attached hydrogens (tertiary/aromatic N) is 4. The summed E-state index contributed by atoms with van der Waals surface area (Å²) < 4.78 is 5.00. The highest BCUT2D eigenvalue weighted by Gasteiger charge is 2.37. The summed E-state index contributed by atoms with van der Waals surface area (Å²) in [5, 5.41) is 16.4. The Kier molecular flexibility index (Phi) is 4.80. The molecule has 24 heavy (non-hydrogen) atoms. The Bertz CT molecular complexity index is 748. The average Bonchev–Trinajstić information content (AvgIpc) is 3.25. The average molecular weight is 345 g/mol. The molecule has 1 aliphatic heterocycles. The number of nitrogens with one attached hydrogen (secondary N) is 1. The molecule has 9 heteroatoms. The van der Waals surface area contributed by atoms with Gasteiger partial charge in [-0.05, 0) is 19.1 Å². The van der Waals surface area contributed by atoms with Crippen LogP contribution in [0.4, 0.5) is 10.8 Å². The lowest BCUT2D eigenvalue weighted by atomic mass is 10.1. The van der Waals surface area contributed by atoms with Crippen molar-refractivity contribution in [3.05, 3.63) is 35.8 Å². The molecule has 8 nitrogen and oxygen atoms in total. The van der Waals surface area contributed by atoms with E-state index in [-0.39, 0.29) is 24.6 Å². The molecule has 1 N–H and O–H groups in total. The van der Waals surface area contributed by atoms with E-state index < -0.39 is 12.0 Å². The maximum atomic E-state index is 12.6. The van der Waals surface area contributed by atoms with E-state index >= 15 is 0 Å². The minimum absolute atomic E-state index is 0.165. The van der Waals surface area contributed by atoms with Gasteiger partial charge in [0, 0.05) is 6.42 Å². The fraction of sp³-hybridized carbons (Fsp3) is 0.267. The van der Waals surface area contributed by atoms with Crippen LogP contribution in [0.1, 0.15) is 13.3 Å². The first-order valence-electron chi connectivity index (χ1n) is 7.35. The third-order valence-corrected chi connectivity index (χ3v) is 3.94. The number of amides is 1. The lowest BCUT2D eigenvalue weighted by Gasteiger charge is -2.22. The third kappa shape index (κ3) is 3.40. The van der Waals surface area contributed by atoms with Crippen molar-refractivity contribution in [2.24, 2.45) is 5.10 Å². The number of carbonyl (C=O) groups excluding carboxylic acids is 2. The molecular formula is C15H15N5O3S. The largest absolute Gasteiger partial charge is 0.461 e. The molecule has 1 amide bonds. The summed E-state index contributed by atoms with van der Waals surface area (Å²) >= 11 is 1.22. The number of hydrogen-bond acceptors (Lipinski definition) is 8. The predicted octanol–water partition coefficient (Wildman–Crippen LogP) is 1.67. The standard InChI is InChI=1S/C15H15N5O3S/c1-2-23-14(22)11-8-12(13(21)17-15-18-16-9-24-15)20(19-11)10-6-4-3-5-7-10/h3-7,9,12H,2,8H2,1H3,(H,17,18,21). The highest BCUT2D eigenvalue weighted by Crippen LogP contribution is 2.26. The van der Waals surface area contributed by atoms with Crippen LogP contribution in [0, 0.1) is 0 Å². The molecule has 0 radical (unpaired) electrons. The molecule has 0 bridgehead atoms. The summed E-state index contributed by atoms with van der Waals surface area (Å²) in [7, 11) is 0. The van der Waals surface area contributed by atoms with Gasteiger partial charge >= 0.3 is 5.97 Å². The van der Waals surface area contributed by atoms with Crippen molar-refractivity contribution < 1.29 is 14.3 Å². The Balaban J connectivity index is 1.84. The maximum absolute atomic E-state index is 12.6. The molecule has 3 rings (SSSR count). The fourth-order valence-corrected chi connectivity index (χ4v) is 2.74. The zero-order chi connectivity index (χ0) is 16.9. The van der Waals surface area contributed by atoms with Crippen LogP contribution in [-0.2, 0) is 14.3 Å². The number of hydrazone groups is 1. The number of rotatable bonds is 5. The van der Waals surface area contributed by atoms with Crippen LogP contribution in [0.25, 0.3) is 0 Å². The molecule has 2 aromatic rings. The van der Waals surface area contributed by atoms with Crippen molar-refractivity contribution in [1.82, 2.24) is 10.2 Å². The van der Waals surface area contributed by atoms with E-state index in [4.69, 9.17) is 4.74 Å². The third-order valence-electron chi connectivity index (χ3n) is 3.33. The monoisotopic (exact) mass is 345 g/mol. The summed E-state index contributed by atoms with van der Waals surface area (Å²) in [6, 6.07) is 8.54. The first-order chi connectivity index (χ1) is 11.7. The topological polar surface area (TPSA) is 96.8 Å². The van der Waals surface area contributed by atoms with Crippen LogP contribution in [0.15, 0.2) is 40.9 Å². The van der Waals surface area contributed by atoms with Crippen LogP contribution in [0.2, 0.25) is 0 Å². The van der Waals surface area contributed by atoms with Gasteiger partial charge in [-0.1, -0.05) is 29.5 Å². The molecule has 1 unspecified atom stereocenters. The van der Waals surface area contributed by atoms with Gasteiger partial charge in [-0.25, -0.2) is 4.79 Å². The van der Waals surface area contributed by atoms with Crippen molar-refractivity contribution in [3.8, 4) is 0 Å². The molecule has 0 fully saturated rings. The summed E-state index contributed by atoms with van der Waals surface area (Å²) in [5.74, 6) is -0.816. The van der Waals surface area contributed by atoms with E-state index in [2.05, 4.69) is 20.6 Å². The van der Waals surface area contributed by atoms with Crippen molar-refractivity contribution >= 4 is 39.7 Å². The van der Waals surface area contributed by atoms with Gasteiger partial charge in [0.05, 0.1) is 12.3 Å². The van der Waals surface area contributed by atoms with E-state index in [1.165, 1.54) is 21.9 Å². The zero-order valence-corrected chi connectivity index (χ0v) is 13.7. The minimum atomic E-state index is -0.657. The highest BCUT2D eigenvalue weighted by molar-refractivity contribution is 7.13. The van der Waals surface area contributed by atoms with Gasteiger partial charge in [0.1, 0.15) is 17.3 Å². The number of para-hydroxylation sites is 1. The van der Waals surface area contributed by atoms with E-state index in [1.807, 2.05) is 30.3 Å². The van der Waals surface area contributed by atoms with Gasteiger partial charge in [0.2, 0.25) is 5.13 Å². The minimum Gasteiger partial charge on any atom is -0.461 e. The van der Waals surface area contributed by atoms with Crippen molar-refractivity contribution in [2.75, 3.05) is 16.9 Å². The van der Waals surface area contributed by atoms with Gasteiger partial charge in [-0.3, -0.25) is 15.1 Å². The van der Waals surface area contributed by atoms with Crippen LogP contribution in [0.3, 0.4) is 0 Å². The summed E-state index contributed by atoms with van der Waals surface area (Å²) in [5.41, 5.74) is 2.46. The van der Waals surface area contributed by atoms with Crippen LogP contribution >= 0.6 is 11.3 Å². The predicted molar refractivity (Wildman–Crippen MR) is 89.9 cm³/mol. The molecule has 1 atom stereocenters. The normalized spacial score (nSPS) is 16.6. The highest BCUT2D eigenvalue weighted by atomic mass is 32.1. The molecule has 0 spiro atoms. The molecule has 0 saturated carbocycles. The quantitative estimate of drug-likeness (QED) is 0.828. The van der Waals surface area contributed by atoms with E-state index in [1.54, 1.807) is 6.92 Å². The van der Waals surface area contributed by atoms with E-state index in [0.717, 1.165) is 0 Å². The second-order valence-corrected chi connectivity index (χ2v) is 5.73. The SMILES string of the molecule is CCOC(=O)C1=NN(c2ccccc2)C(C(=O)Nc2nncs2)C1. The second-order valence-electron chi connectivity index (χ2n) is 4.90. The summed E-state index contributed by atoms with van der Waals surface area (Å²) in [4.78, 5) is 24.6. The van der Waals surface area contributed by atoms with Gasteiger partial charge < -0.3 is 4.74 Å². The molecule has 0 aliphatic carbocycles. The molecule has 1 aromatic carbocycles. The van der Waals surface area contributed by atoms with Crippen LogP contribution in [0.5, 0.6) is 0 Å². The Morgan fingerprint density at radius 2 is 2.17 bits per heavy atom. The Morgan fingerprint density at radius 3 is 2.83 bits per heavy atom. The smallest absolute Gasteiger partial charge is 0.354 e. The van der Waals surface area contributed by atoms with Crippen molar-refractivity contribution in [3.63, 3.8) is 0 Å². The summed E-state index contributed by atoms with van der Waals surface area (Å²) in [6.45, 7) is 1.98. The molecule has 124 valence electrons. The lowest BCUT2D eigenvalue weighted by molar-refractivity contribution is -0.135. The van der Waals surface area contributed by atoms with Gasteiger partial charge in [0.25, 0.3) is 5.91 Å². The molecule has 0 saturated heterocycles. The Morgan fingerprint density at radius 1 is 1.38 bits per heavy atom. The lowest BCUT2D eigenvalue weighted by Crippen LogP contribution is -2.38. The molecule has 1 aliphatic rings. The van der Waals surface area contributed by atoms with Gasteiger partial charge in [0.15, 0.2) is 0 Å². The zero-order valence-electron chi connectivity index (χ0n) is 12.9. The van der Waals surface area contributed by atoms with Crippen molar-refractivity contribution in [2.45, 2.75) is 19.4 Å². The summed E-state index contributed by atoms with van der Waals surface area (Å²) in [6.07, 6.45) is 0.165. The fourth-order valence-electron chi connectivity index (χ4n) is 2.29. The maximum Gasteiger partial charge on any atom is 0.354 e. The number of esters is 1. The molecule has 2 heterocycles. The van der Waals surface area contributed by atoms with E-state index in [0.29, 0.717) is 10.8 Å². The Labute approximate surface area is 142 Å². The van der Waals surface area contributed by atoms with Crippen LogP contribution in [-0.4, -0.2) is 40.4 Å². The first kappa shape index (κ1) is 16.1. The second kappa shape index (κ2) is 7.18. The van der Waals surface area contributed by atoms with Crippen molar-refractivity contribution in [1.29, 1.82) is 0 Å². The number of anilines is 2. The number of ether oxygens (including phenoxy) is 1. The number of hydrogen-bond donors (Lipinski definition) is 1. The number of carbonyl (C=O) groups is 2. The molecular weight excluding hydrogens is 330 g/mol. The van der Waals surface area contributed by atoms with Gasteiger partial charge in [-0.2, -0.15) is 5.10 Å². The number of benzene rings is 1. The Hall–Kier alpha value is -2.81. The van der Waals surface area contributed by atoms with E-state index in [9.17, 15) is 9.59 Å². The molecule has 1 aromatic heterocycles.